The summed E-state index contributed by atoms with van der Waals surface area (Å²) in [6.07, 6.45) is 1.50. The summed E-state index contributed by atoms with van der Waals surface area (Å²) in [5.41, 5.74) is 0.0504. The Morgan fingerprint density at radius 1 is 1.31 bits per heavy atom. The van der Waals surface area contributed by atoms with Gasteiger partial charge in [-0.2, -0.15) is 4.98 Å². The number of hydrogen-bond donors (Lipinski definition) is 2. The molecule has 0 aliphatic carbocycles. The van der Waals surface area contributed by atoms with Crippen LogP contribution >= 0.6 is 23.4 Å². The Morgan fingerprint density at radius 3 is 2.89 bits per heavy atom. The lowest BCUT2D eigenvalue weighted by molar-refractivity contribution is -0.113. The van der Waals surface area contributed by atoms with Gasteiger partial charge in [-0.1, -0.05) is 11.6 Å². The van der Waals surface area contributed by atoms with Crippen LogP contribution in [0.15, 0.2) is 34.0 Å². The molecule has 1 saturated heterocycles. The molecule has 1 atom stereocenters. The number of carbonyl (C=O) groups excluding carboxylic acids is 1. The predicted octanol–water partition coefficient (Wildman–Crippen LogP) is 3.06. The van der Waals surface area contributed by atoms with E-state index >= 15 is 0 Å². The van der Waals surface area contributed by atoms with E-state index in [0.717, 1.165) is 12.4 Å². The molecule has 0 saturated carbocycles. The Balaban J connectivity index is 1.71. The van der Waals surface area contributed by atoms with Crippen LogP contribution in [-0.2, 0) is 11.3 Å². The van der Waals surface area contributed by atoms with E-state index in [1.807, 2.05) is 11.9 Å². The first kappa shape index (κ1) is 24.2. The second-order valence-corrected chi connectivity index (χ2v) is 10.3. The van der Waals surface area contributed by atoms with Crippen molar-refractivity contribution in [1.29, 1.82) is 0 Å². The van der Waals surface area contributed by atoms with E-state index in [-0.39, 0.29) is 10.6 Å². The standard InChI is InChI=1S/C24H24ClF2N5O2S/c1-28-5-4-24(13-33)12-31(7-6-29-24)22-16-11-17(25)19(15-3-2-14(26)10-18(15)27)21-20(16)32(8-9-35-21)23(34)30-22/h2-3,10-11,13,28-29H,4-9,12H2,1H3. The SMILES string of the molecule is CNCCC1(C=O)CN(c2nc(=O)n3c4c(c(-c5ccc(F)cc5F)c(Cl)cc24)SCC3)CCN1. The lowest BCUT2D eigenvalue weighted by atomic mass is 9.93. The minimum atomic E-state index is -0.778. The van der Waals surface area contributed by atoms with E-state index in [2.05, 4.69) is 15.6 Å². The molecule has 7 nitrogen and oxygen atoms in total. The van der Waals surface area contributed by atoms with Crippen LogP contribution in [0.4, 0.5) is 14.6 Å². The van der Waals surface area contributed by atoms with Crippen LogP contribution in [0.25, 0.3) is 22.0 Å². The van der Waals surface area contributed by atoms with Crippen molar-refractivity contribution in [1.82, 2.24) is 20.2 Å². The van der Waals surface area contributed by atoms with Gasteiger partial charge in [0, 0.05) is 59.4 Å². The molecular weight excluding hydrogens is 496 g/mol. The quantitative estimate of drug-likeness (QED) is 0.485. The third-order valence-corrected chi connectivity index (χ3v) is 7.96. The maximum atomic E-state index is 14.8. The number of anilines is 1. The third-order valence-electron chi connectivity index (χ3n) is 6.59. The van der Waals surface area contributed by atoms with Gasteiger partial charge in [0.2, 0.25) is 0 Å². The van der Waals surface area contributed by atoms with E-state index in [1.54, 1.807) is 10.6 Å². The van der Waals surface area contributed by atoms with Gasteiger partial charge < -0.3 is 20.3 Å². The molecule has 2 aliphatic heterocycles. The number of thioether (sulfide) groups is 1. The van der Waals surface area contributed by atoms with Gasteiger partial charge in [0.05, 0.1) is 16.1 Å². The van der Waals surface area contributed by atoms with Crippen molar-refractivity contribution >= 4 is 46.4 Å². The lowest BCUT2D eigenvalue weighted by Crippen LogP contribution is -2.62. The van der Waals surface area contributed by atoms with Gasteiger partial charge in [-0.15, -0.1) is 11.8 Å². The van der Waals surface area contributed by atoms with E-state index in [9.17, 15) is 18.4 Å². The summed E-state index contributed by atoms with van der Waals surface area (Å²) in [4.78, 5) is 32.2. The first-order valence-electron chi connectivity index (χ1n) is 11.3. The van der Waals surface area contributed by atoms with E-state index < -0.39 is 22.9 Å². The fraction of sp³-hybridized carbons (Fsp3) is 0.375. The molecule has 0 bridgehead atoms. The van der Waals surface area contributed by atoms with Gasteiger partial charge in [-0.25, -0.2) is 13.6 Å². The maximum Gasteiger partial charge on any atom is 0.350 e. The molecule has 35 heavy (non-hydrogen) atoms. The Labute approximate surface area is 209 Å². The van der Waals surface area contributed by atoms with Crippen LogP contribution < -0.4 is 21.2 Å². The molecule has 11 heteroatoms. The molecular formula is C24H24ClF2N5O2S. The fourth-order valence-corrected chi connectivity index (χ4v) is 6.44. The van der Waals surface area contributed by atoms with Crippen LogP contribution in [0.1, 0.15) is 6.42 Å². The Kier molecular flexibility index (Phi) is 6.56. The Morgan fingerprint density at radius 2 is 2.14 bits per heavy atom. The second-order valence-electron chi connectivity index (χ2n) is 8.78. The molecule has 0 spiro atoms. The van der Waals surface area contributed by atoms with E-state index in [1.165, 1.54) is 23.9 Å². The average Bonchev–Trinajstić information content (AvgIpc) is 2.85. The molecule has 0 radical (unpaired) electrons. The first-order chi connectivity index (χ1) is 16.9. The minimum Gasteiger partial charge on any atom is -0.352 e. The number of halogens is 3. The van der Waals surface area contributed by atoms with E-state index in [4.69, 9.17) is 11.6 Å². The second kappa shape index (κ2) is 9.50. The van der Waals surface area contributed by atoms with Crippen molar-refractivity contribution in [3.05, 3.63) is 51.4 Å². The minimum absolute atomic E-state index is 0.175. The lowest BCUT2D eigenvalue weighted by Gasteiger charge is -2.41. The number of piperazine rings is 1. The summed E-state index contributed by atoms with van der Waals surface area (Å²) in [6.45, 7) is 2.54. The van der Waals surface area contributed by atoms with Crippen molar-refractivity contribution in [3.63, 3.8) is 0 Å². The molecule has 1 fully saturated rings. The normalized spacial score (nSPS) is 19.8. The van der Waals surface area contributed by atoms with Gasteiger partial charge in [-0.3, -0.25) is 4.57 Å². The molecule has 184 valence electrons. The van der Waals surface area contributed by atoms with Crippen LogP contribution in [-0.4, -0.2) is 60.4 Å². The molecule has 0 amide bonds. The van der Waals surface area contributed by atoms with Crippen LogP contribution in [0.5, 0.6) is 0 Å². The van der Waals surface area contributed by atoms with Crippen molar-refractivity contribution in [3.8, 4) is 11.1 Å². The Hall–Kier alpha value is -2.53. The highest BCUT2D eigenvalue weighted by molar-refractivity contribution is 7.99. The number of nitrogens with zero attached hydrogens (tertiary/aromatic N) is 3. The zero-order valence-electron chi connectivity index (χ0n) is 19.0. The smallest absolute Gasteiger partial charge is 0.350 e. The number of aldehydes is 1. The molecule has 2 aliphatic rings. The first-order valence-corrected chi connectivity index (χ1v) is 12.7. The van der Waals surface area contributed by atoms with Crippen LogP contribution in [0.3, 0.4) is 0 Å². The number of benzene rings is 2. The number of aromatic nitrogens is 2. The predicted molar refractivity (Wildman–Crippen MR) is 135 cm³/mol. The van der Waals surface area contributed by atoms with Gasteiger partial charge in [0.1, 0.15) is 23.7 Å². The maximum absolute atomic E-state index is 14.8. The topological polar surface area (TPSA) is 79.3 Å². The summed E-state index contributed by atoms with van der Waals surface area (Å²) < 4.78 is 30.0. The van der Waals surface area contributed by atoms with Crippen molar-refractivity contribution in [2.45, 2.75) is 23.4 Å². The molecule has 3 aromatic rings. The molecule has 1 aromatic heterocycles. The molecule has 2 aromatic carbocycles. The summed E-state index contributed by atoms with van der Waals surface area (Å²) in [6, 6.07) is 5.08. The van der Waals surface area contributed by atoms with Gasteiger partial charge in [0.25, 0.3) is 0 Å². The summed E-state index contributed by atoms with van der Waals surface area (Å²) in [5, 5.41) is 7.34. The average molecular weight is 520 g/mol. The van der Waals surface area contributed by atoms with Gasteiger partial charge in [-0.05, 0) is 38.2 Å². The number of nitrogens with one attached hydrogen (secondary N) is 2. The summed E-state index contributed by atoms with van der Waals surface area (Å²) in [7, 11) is 1.83. The molecule has 1 unspecified atom stereocenters. The Bertz CT molecular complexity index is 1380. The highest BCUT2D eigenvalue weighted by Crippen LogP contribution is 2.46. The zero-order chi connectivity index (χ0) is 24.7. The number of hydrogen-bond acceptors (Lipinski definition) is 7. The fourth-order valence-electron chi connectivity index (χ4n) is 4.88. The third kappa shape index (κ3) is 4.22. The molecule has 3 heterocycles. The van der Waals surface area contributed by atoms with Crippen molar-refractivity contribution in [2.24, 2.45) is 0 Å². The molecule has 2 N–H and O–H groups in total. The molecule has 5 rings (SSSR count). The van der Waals surface area contributed by atoms with Crippen LogP contribution in [0.2, 0.25) is 5.02 Å². The zero-order valence-corrected chi connectivity index (χ0v) is 20.6. The summed E-state index contributed by atoms with van der Waals surface area (Å²) >= 11 is 8.21. The highest BCUT2D eigenvalue weighted by atomic mass is 35.5. The monoisotopic (exact) mass is 519 g/mol. The number of aryl methyl sites for hydroxylation is 1. The van der Waals surface area contributed by atoms with Crippen molar-refractivity contribution in [2.75, 3.05) is 43.9 Å². The highest BCUT2D eigenvalue weighted by Gasteiger charge is 2.36. The van der Waals surface area contributed by atoms with Crippen molar-refractivity contribution < 1.29 is 13.6 Å². The number of rotatable bonds is 6. The largest absolute Gasteiger partial charge is 0.352 e. The van der Waals surface area contributed by atoms with E-state index in [0.29, 0.717) is 72.1 Å². The van der Waals surface area contributed by atoms with Crippen LogP contribution in [0, 0.1) is 11.6 Å². The van der Waals surface area contributed by atoms with Gasteiger partial charge >= 0.3 is 5.69 Å². The summed E-state index contributed by atoms with van der Waals surface area (Å²) in [5.74, 6) is -0.358. The number of carbonyl (C=O) groups is 1. The van der Waals surface area contributed by atoms with Gasteiger partial charge in [0.15, 0.2) is 0 Å².